The summed E-state index contributed by atoms with van der Waals surface area (Å²) in [5, 5.41) is 0. The number of halogens is 2. The number of hydrogen-bond donors (Lipinski definition) is 0. The molecule has 0 unspecified atom stereocenters. The van der Waals surface area contributed by atoms with Gasteiger partial charge in [-0.2, -0.15) is 0 Å². The number of hydrogen-bond acceptors (Lipinski definition) is 1. The number of ether oxygens (including phenoxy) is 1. The number of rotatable bonds is 4. The highest BCUT2D eigenvalue weighted by molar-refractivity contribution is 9.10. The van der Waals surface area contributed by atoms with E-state index < -0.39 is 0 Å². The normalized spacial score (nSPS) is 10.5. The zero-order chi connectivity index (χ0) is 13.8. The van der Waals surface area contributed by atoms with Crippen molar-refractivity contribution in [1.29, 1.82) is 0 Å². The summed E-state index contributed by atoms with van der Waals surface area (Å²) in [6.07, 6.45) is 0. The van der Waals surface area contributed by atoms with E-state index in [2.05, 4.69) is 48.0 Å². The van der Waals surface area contributed by atoms with Crippen LogP contribution in [0.25, 0.3) is 0 Å². The van der Waals surface area contributed by atoms with Crippen LogP contribution in [0, 0.1) is 13.8 Å². The molecule has 0 saturated heterocycles. The molecule has 0 fully saturated rings. The van der Waals surface area contributed by atoms with E-state index in [0.717, 1.165) is 15.8 Å². The van der Waals surface area contributed by atoms with Crippen molar-refractivity contribution in [3.05, 3.63) is 63.1 Å². The molecular formula is C16H16BrClO. The van der Waals surface area contributed by atoms with Crippen LogP contribution in [0.15, 0.2) is 40.9 Å². The fourth-order valence-corrected chi connectivity index (χ4v) is 2.76. The van der Waals surface area contributed by atoms with Crippen molar-refractivity contribution >= 4 is 27.5 Å². The monoisotopic (exact) mass is 338 g/mol. The molecule has 0 aromatic heterocycles. The lowest BCUT2D eigenvalue weighted by atomic mass is 10.1. The van der Waals surface area contributed by atoms with Gasteiger partial charge in [-0.25, -0.2) is 0 Å². The molecule has 0 aliphatic rings. The summed E-state index contributed by atoms with van der Waals surface area (Å²) in [5.74, 6) is 1.35. The Bertz CT molecular complexity index is 561. The van der Waals surface area contributed by atoms with Crippen LogP contribution >= 0.6 is 27.5 Å². The largest absolute Gasteiger partial charge is 0.488 e. The van der Waals surface area contributed by atoms with Gasteiger partial charge in [0, 0.05) is 5.88 Å². The second-order valence-electron chi connectivity index (χ2n) is 4.68. The van der Waals surface area contributed by atoms with E-state index in [0.29, 0.717) is 12.5 Å². The maximum Gasteiger partial charge on any atom is 0.134 e. The van der Waals surface area contributed by atoms with E-state index in [-0.39, 0.29) is 0 Å². The summed E-state index contributed by atoms with van der Waals surface area (Å²) < 4.78 is 6.78. The minimum absolute atomic E-state index is 0.510. The van der Waals surface area contributed by atoms with E-state index in [1.54, 1.807) is 0 Å². The van der Waals surface area contributed by atoms with Crippen LogP contribution in [0.3, 0.4) is 0 Å². The van der Waals surface area contributed by atoms with Gasteiger partial charge in [-0.15, -0.1) is 11.6 Å². The Balaban J connectivity index is 2.10. The Morgan fingerprint density at radius 2 is 1.68 bits per heavy atom. The van der Waals surface area contributed by atoms with Gasteiger partial charge in [0.2, 0.25) is 0 Å². The Morgan fingerprint density at radius 1 is 1.00 bits per heavy atom. The fraction of sp³-hybridized carbons (Fsp3) is 0.250. The zero-order valence-corrected chi connectivity index (χ0v) is 13.4. The number of benzene rings is 2. The van der Waals surface area contributed by atoms with Gasteiger partial charge in [-0.1, -0.05) is 35.4 Å². The highest BCUT2D eigenvalue weighted by atomic mass is 79.9. The highest BCUT2D eigenvalue weighted by Gasteiger charge is 2.03. The molecule has 2 aromatic carbocycles. The molecule has 19 heavy (non-hydrogen) atoms. The van der Waals surface area contributed by atoms with Crippen LogP contribution < -0.4 is 4.74 Å². The van der Waals surface area contributed by atoms with Gasteiger partial charge in [-0.05, 0) is 53.0 Å². The first kappa shape index (κ1) is 14.4. The van der Waals surface area contributed by atoms with Crippen molar-refractivity contribution in [1.82, 2.24) is 0 Å². The van der Waals surface area contributed by atoms with Gasteiger partial charge in [0.15, 0.2) is 0 Å². The topological polar surface area (TPSA) is 9.23 Å². The molecule has 2 aromatic rings. The van der Waals surface area contributed by atoms with Crippen molar-refractivity contribution in [2.75, 3.05) is 0 Å². The predicted octanol–water partition coefficient (Wildman–Crippen LogP) is 5.38. The van der Waals surface area contributed by atoms with Crippen LogP contribution in [-0.2, 0) is 12.5 Å². The Kier molecular flexibility index (Phi) is 4.89. The third-order valence-corrected chi connectivity index (χ3v) is 3.75. The molecule has 0 aliphatic carbocycles. The smallest absolute Gasteiger partial charge is 0.134 e. The first-order valence-electron chi connectivity index (χ1n) is 6.13. The van der Waals surface area contributed by atoms with E-state index in [9.17, 15) is 0 Å². The highest BCUT2D eigenvalue weighted by Crippen LogP contribution is 2.27. The summed E-state index contributed by atoms with van der Waals surface area (Å²) in [6, 6.07) is 12.4. The molecule has 100 valence electrons. The number of aryl methyl sites for hydroxylation is 2. The molecule has 2 rings (SSSR count). The van der Waals surface area contributed by atoms with Crippen molar-refractivity contribution in [2.45, 2.75) is 26.3 Å². The van der Waals surface area contributed by atoms with Crippen molar-refractivity contribution in [3.8, 4) is 5.75 Å². The van der Waals surface area contributed by atoms with E-state index in [4.69, 9.17) is 16.3 Å². The third kappa shape index (κ3) is 3.99. The molecule has 1 nitrogen and oxygen atoms in total. The quantitative estimate of drug-likeness (QED) is 0.679. The molecule has 3 heteroatoms. The van der Waals surface area contributed by atoms with Crippen LogP contribution in [0.5, 0.6) is 5.75 Å². The van der Waals surface area contributed by atoms with Crippen molar-refractivity contribution in [2.24, 2.45) is 0 Å². The van der Waals surface area contributed by atoms with E-state index in [1.807, 2.05) is 18.2 Å². The summed E-state index contributed by atoms with van der Waals surface area (Å²) in [7, 11) is 0. The summed E-state index contributed by atoms with van der Waals surface area (Å²) >= 11 is 9.30. The minimum Gasteiger partial charge on any atom is -0.488 e. The third-order valence-electron chi connectivity index (χ3n) is 2.83. The summed E-state index contributed by atoms with van der Waals surface area (Å²) in [6.45, 7) is 4.77. The molecule has 0 bridgehead atoms. The SMILES string of the molecule is Cc1cc(C)cc(COc2ccc(CCl)cc2Br)c1. The lowest BCUT2D eigenvalue weighted by Crippen LogP contribution is -1.97. The first-order valence-corrected chi connectivity index (χ1v) is 7.45. The lowest BCUT2D eigenvalue weighted by molar-refractivity contribution is 0.304. The minimum atomic E-state index is 0.510. The van der Waals surface area contributed by atoms with Crippen LogP contribution in [0.2, 0.25) is 0 Å². The standard InChI is InChI=1S/C16H16BrClO/c1-11-5-12(2)7-14(6-11)10-19-16-4-3-13(9-18)8-15(16)17/h3-8H,9-10H2,1-2H3. The Morgan fingerprint density at radius 3 is 2.26 bits per heavy atom. The van der Waals surface area contributed by atoms with Gasteiger partial charge in [0.25, 0.3) is 0 Å². The van der Waals surface area contributed by atoms with E-state index in [1.165, 1.54) is 16.7 Å². The van der Waals surface area contributed by atoms with E-state index >= 15 is 0 Å². The maximum absolute atomic E-state index is 5.84. The summed E-state index contributed by atoms with van der Waals surface area (Å²) in [5.41, 5.74) is 4.78. The molecular weight excluding hydrogens is 324 g/mol. The molecule has 0 heterocycles. The predicted molar refractivity (Wildman–Crippen MR) is 83.9 cm³/mol. The molecule has 0 saturated carbocycles. The van der Waals surface area contributed by atoms with Crippen LogP contribution in [0.1, 0.15) is 22.3 Å². The average molecular weight is 340 g/mol. The van der Waals surface area contributed by atoms with Crippen molar-refractivity contribution in [3.63, 3.8) is 0 Å². The van der Waals surface area contributed by atoms with Gasteiger partial charge in [0.1, 0.15) is 12.4 Å². The lowest BCUT2D eigenvalue weighted by Gasteiger charge is -2.10. The second kappa shape index (κ2) is 6.44. The molecule has 0 spiro atoms. The fourth-order valence-electron chi connectivity index (χ4n) is 2.06. The molecule has 0 amide bonds. The molecule has 0 radical (unpaired) electrons. The molecule has 0 N–H and O–H groups in total. The molecule has 0 aliphatic heterocycles. The Labute approximate surface area is 127 Å². The average Bonchev–Trinajstić information content (AvgIpc) is 2.36. The second-order valence-corrected chi connectivity index (χ2v) is 5.80. The van der Waals surface area contributed by atoms with Crippen LogP contribution in [-0.4, -0.2) is 0 Å². The van der Waals surface area contributed by atoms with Gasteiger partial charge < -0.3 is 4.74 Å². The van der Waals surface area contributed by atoms with Crippen LogP contribution in [0.4, 0.5) is 0 Å². The van der Waals surface area contributed by atoms with Gasteiger partial charge >= 0.3 is 0 Å². The van der Waals surface area contributed by atoms with Gasteiger partial charge in [0.05, 0.1) is 4.47 Å². The number of alkyl halides is 1. The first-order chi connectivity index (χ1) is 9.08. The van der Waals surface area contributed by atoms with Gasteiger partial charge in [-0.3, -0.25) is 0 Å². The van der Waals surface area contributed by atoms with Crippen molar-refractivity contribution < 1.29 is 4.74 Å². The molecule has 0 atom stereocenters. The summed E-state index contributed by atoms with van der Waals surface area (Å²) in [4.78, 5) is 0. The maximum atomic E-state index is 5.84. The Hall–Kier alpha value is -0.990. The zero-order valence-electron chi connectivity index (χ0n) is 11.0.